The maximum Gasteiger partial charge on any atom is 0.266 e. The van der Waals surface area contributed by atoms with E-state index < -0.39 is 0 Å². The Morgan fingerprint density at radius 3 is 2.59 bits per heavy atom. The summed E-state index contributed by atoms with van der Waals surface area (Å²) in [7, 11) is 0. The molecule has 0 aliphatic carbocycles. The van der Waals surface area contributed by atoms with Gasteiger partial charge in [-0.25, -0.2) is 4.98 Å². The van der Waals surface area contributed by atoms with Crippen LogP contribution < -0.4 is 15.6 Å². The average Bonchev–Trinajstić information content (AvgIpc) is 2.74. The average molecular weight is 395 g/mol. The normalized spacial score (nSPS) is 12.2. The lowest BCUT2D eigenvalue weighted by Gasteiger charge is -2.19. The molecule has 5 nitrogen and oxygen atoms in total. The smallest absolute Gasteiger partial charge is 0.266 e. The molecule has 0 saturated heterocycles. The lowest BCUT2D eigenvalue weighted by Crippen LogP contribution is -2.85. The minimum atomic E-state index is -0.0519. The van der Waals surface area contributed by atoms with E-state index in [0.717, 1.165) is 23.6 Å². The summed E-state index contributed by atoms with van der Waals surface area (Å²) in [6.07, 6.45) is 4.91. The zero-order valence-corrected chi connectivity index (χ0v) is 17.7. The van der Waals surface area contributed by atoms with E-state index >= 15 is 0 Å². The highest BCUT2D eigenvalue weighted by Crippen LogP contribution is 2.24. The predicted molar refractivity (Wildman–Crippen MR) is 118 cm³/mol. The molecule has 0 aliphatic heterocycles. The van der Waals surface area contributed by atoms with Crippen LogP contribution in [0.15, 0.2) is 53.3 Å². The molecule has 3 rings (SSSR count). The third-order valence-corrected chi connectivity index (χ3v) is 5.19. The Labute approximate surface area is 172 Å². The van der Waals surface area contributed by atoms with E-state index in [2.05, 4.69) is 19.2 Å². The summed E-state index contributed by atoms with van der Waals surface area (Å²) >= 11 is 0. The van der Waals surface area contributed by atoms with E-state index in [4.69, 9.17) is 9.72 Å². The third-order valence-electron chi connectivity index (χ3n) is 5.19. The quantitative estimate of drug-likeness (QED) is 0.529. The fourth-order valence-corrected chi connectivity index (χ4v) is 3.65. The first-order chi connectivity index (χ1) is 14.2. The predicted octanol–water partition coefficient (Wildman–Crippen LogP) is 3.99. The fraction of sp³-hybridized carbons (Fsp3) is 0.417. The maximum absolute atomic E-state index is 13.5. The van der Waals surface area contributed by atoms with Crippen LogP contribution in [-0.4, -0.2) is 22.7 Å². The lowest BCUT2D eigenvalue weighted by atomic mass is 10.1. The Bertz CT molecular complexity index is 997. The van der Waals surface area contributed by atoms with Crippen LogP contribution in [0.3, 0.4) is 0 Å². The van der Waals surface area contributed by atoms with E-state index in [1.807, 2.05) is 55.5 Å². The van der Waals surface area contributed by atoms with Crippen molar-refractivity contribution in [2.75, 3.05) is 13.2 Å². The van der Waals surface area contributed by atoms with Crippen molar-refractivity contribution in [2.24, 2.45) is 0 Å². The van der Waals surface area contributed by atoms with Crippen LogP contribution in [0.5, 0.6) is 5.75 Å². The molecule has 0 radical (unpaired) electrons. The van der Waals surface area contributed by atoms with Gasteiger partial charge < -0.3 is 10.1 Å². The Morgan fingerprint density at radius 2 is 1.79 bits per heavy atom. The number of hydrogen-bond acceptors (Lipinski definition) is 3. The van der Waals surface area contributed by atoms with Crippen LogP contribution >= 0.6 is 0 Å². The highest BCUT2D eigenvalue weighted by atomic mass is 16.5. The number of quaternary nitrogens is 1. The number of nitrogens with two attached hydrogens (primary N) is 1. The molecule has 0 spiro atoms. The highest BCUT2D eigenvalue weighted by Gasteiger charge is 2.21. The van der Waals surface area contributed by atoms with E-state index in [1.165, 1.54) is 25.7 Å². The molecule has 0 amide bonds. The van der Waals surface area contributed by atoms with Crippen LogP contribution in [0, 0.1) is 0 Å². The van der Waals surface area contributed by atoms with Crippen molar-refractivity contribution in [1.29, 1.82) is 0 Å². The summed E-state index contributed by atoms with van der Waals surface area (Å²) in [6, 6.07) is 15.3. The first kappa shape index (κ1) is 21.1. The summed E-state index contributed by atoms with van der Waals surface area (Å²) in [5, 5.41) is 2.91. The molecular weight excluding hydrogens is 362 g/mol. The number of unbranched alkanes of at least 4 members (excludes halogenated alkanes) is 3. The molecule has 29 heavy (non-hydrogen) atoms. The topological polar surface area (TPSA) is 60.7 Å². The van der Waals surface area contributed by atoms with Gasteiger partial charge in [-0.3, -0.25) is 9.36 Å². The number of aromatic nitrogens is 2. The van der Waals surface area contributed by atoms with Crippen LogP contribution in [-0.2, 0) is 0 Å². The first-order valence-corrected chi connectivity index (χ1v) is 10.7. The van der Waals surface area contributed by atoms with E-state index in [0.29, 0.717) is 17.7 Å². The second-order valence-corrected chi connectivity index (χ2v) is 7.40. The van der Waals surface area contributed by atoms with Crippen molar-refractivity contribution in [3.05, 3.63) is 64.7 Å². The molecule has 1 heterocycles. The molecule has 0 bridgehead atoms. The number of para-hydroxylation sites is 3. The van der Waals surface area contributed by atoms with Gasteiger partial charge in [0.1, 0.15) is 11.8 Å². The van der Waals surface area contributed by atoms with Gasteiger partial charge in [-0.1, -0.05) is 44.0 Å². The van der Waals surface area contributed by atoms with Crippen molar-refractivity contribution in [1.82, 2.24) is 9.55 Å². The van der Waals surface area contributed by atoms with Crippen molar-refractivity contribution in [2.45, 2.75) is 52.5 Å². The molecule has 1 aromatic heterocycles. The van der Waals surface area contributed by atoms with E-state index in [1.54, 1.807) is 4.57 Å². The van der Waals surface area contributed by atoms with Crippen LogP contribution in [0.2, 0.25) is 0 Å². The summed E-state index contributed by atoms with van der Waals surface area (Å²) in [5.41, 5.74) is 1.44. The van der Waals surface area contributed by atoms with E-state index in [-0.39, 0.29) is 11.6 Å². The van der Waals surface area contributed by atoms with Crippen molar-refractivity contribution < 1.29 is 10.1 Å². The molecular formula is C24H32N3O2+. The number of benzene rings is 2. The second kappa shape index (κ2) is 10.2. The van der Waals surface area contributed by atoms with Gasteiger partial charge in [-0.15, -0.1) is 0 Å². The van der Waals surface area contributed by atoms with Crippen molar-refractivity contribution in [3.63, 3.8) is 0 Å². The molecule has 0 aliphatic rings. The molecule has 0 fully saturated rings. The summed E-state index contributed by atoms with van der Waals surface area (Å²) < 4.78 is 7.56. The minimum Gasteiger partial charge on any atom is -0.492 e. The number of rotatable bonds is 10. The van der Waals surface area contributed by atoms with Gasteiger partial charge in [-0.05, 0) is 51.0 Å². The molecule has 2 N–H and O–H groups in total. The summed E-state index contributed by atoms with van der Waals surface area (Å²) in [6.45, 7) is 7.86. The van der Waals surface area contributed by atoms with Gasteiger partial charge in [0.2, 0.25) is 0 Å². The largest absolute Gasteiger partial charge is 0.492 e. The minimum absolute atomic E-state index is 0.0519. The molecule has 0 unspecified atom stereocenters. The van der Waals surface area contributed by atoms with Gasteiger partial charge in [0.05, 0.1) is 29.7 Å². The molecule has 154 valence electrons. The van der Waals surface area contributed by atoms with Gasteiger partial charge in [0.15, 0.2) is 5.82 Å². The van der Waals surface area contributed by atoms with E-state index in [9.17, 15) is 4.79 Å². The third kappa shape index (κ3) is 4.85. The Hall–Kier alpha value is -2.66. The van der Waals surface area contributed by atoms with Crippen LogP contribution in [0.1, 0.15) is 58.3 Å². The Kier molecular flexibility index (Phi) is 7.42. The van der Waals surface area contributed by atoms with Crippen LogP contribution in [0.4, 0.5) is 0 Å². The Balaban J connectivity index is 2.06. The number of ether oxygens (including phenoxy) is 1. The molecule has 5 heteroatoms. The number of fused-ring (bicyclic) bond motifs is 1. The zero-order chi connectivity index (χ0) is 20.6. The summed E-state index contributed by atoms with van der Waals surface area (Å²) in [4.78, 5) is 18.4. The van der Waals surface area contributed by atoms with Crippen molar-refractivity contribution in [3.8, 4) is 11.4 Å². The zero-order valence-electron chi connectivity index (χ0n) is 17.7. The van der Waals surface area contributed by atoms with Gasteiger partial charge in [-0.2, -0.15) is 0 Å². The summed E-state index contributed by atoms with van der Waals surface area (Å²) in [5.74, 6) is 1.46. The number of nitrogens with zero attached hydrogens (tertiary/aromatic N) is 2. The second-order valence-electron chi connectivity index (χ2n) is 7.40. The number of hydrogen-bond donors (Lipinski definition) is 1. The highest BCUT2D eigenvalue weighted by molar-refractivity contribution is 5.78. The standard InChI is InChI=1S/C24H31N3O2/c1-4-6-7-12-17-25-18(3)23-26-20-14-9-8-13-19(20)24(28)27(23)21-15-10-11-16-22(21)29-5-2/h8-11,13-16,18,25H,4-7,12,17H2,1-3H3/p+1/t18-/m1/s1. The van der Waals surface area contributed by atoms with Gasteiger partial charge >= 0.3 is 0 Å². The lowest BCUT2D eigenvalue weighted by molar-refractivity contribution is -0.694. The van der Waals surface area contributed by atoms with Crippen LogP contribution in [0.25, 0.3) is 16.6 Å². The monoisotopic (exact) mass is 394 g/mol. The fourth-order valence-electron chi connectivity index (χ4n) is 3.65. The molecule has 1 atom stereocenters. The van der Waals surface area contributed by atoms with Gasteiger partial charge in [0.25, 0.3) is 5.56 Å². The van der Waals surface area contributed by atoms with Gasteiger partial charge in [0, 0.05) is 0 Å². The molecule has 3 aromatic rings. The van der Waals surface area contributed by atoms with Crippen molar-refractivity contribution >= 4 is 10.9 Å². The maximum atomic E-state index is 13.5. The molecule has 0 saturated carbocycles. The first-order valence-electron chi connectivity index (χ1n) is 10.7. The Morgan fingerprint density at radius 1 is 1.03 bits per heavy atom. The SMILES string of the molecule is CCCCCC[NH2+][C@H](C)c1nc2ccccc2c(=O)n1-c1ccccc1OCC. The molecule has 2 aromatic carbocycles.